The van der Waals surface area contributed by atoms with E-state index in [1.54, 1.807) is 11.1 Å². The Hall–Kier alpha value is -4.58. The van der Waals surface area contributed by atoms with E-state index in [1.165, 1.54) is 25.4 Å². The Balaban J connectivity index is 1.49. The second kappa shape index (κ2) is 10.9. The zero-order chi connectivity index (χ0) is 28.4. The number of pyridine rings is 2. The number of sulfonamides is 1. The van der Waals surface area contributed by atoms with E-state index in [4.69, 9.17) is 4.74 Å². The van der Waals surface area contributed by atoms with Crippen LogP contribution in [0.2, 0.25) is 0 Å². The molecule has 1 saturated heterocycles. The van der Waals surface area contributed by atoms with Crippen LogP contribution in [0.5, 0.6) is 5.88 Å². The summed E-state index contributed by atoms with van der Waals surface area (Å²) < 4.78 is 61.0. The molecule has 1 aliphatic rings. The Morgan fingerprint density at radius 1 is 1.02 bits per heavy atom. The zero-order valence-corrected chi connectivity index (χ0v) is 22.3. The number of amides is 1. The van der Waals surface area contributed by atoms with Gasteiger partial charge in [-0.15, -0.1) is 0 Å². The summed E-state index contributed by atoms with van der Waals surface area (Å²) in [6.07, 6.45) is 4.58. The topological polar surface area (TPSA) is 105 Å². The second-order valence-electron chi connectivity index (χ2n) is 9.04. The highest BCUT2D eigenvalue weighted by molar-refractivity contribution is 7.92. The molecule has 3 heterocycles. The van der Waals surface area contributed by atoms with Gasteiger partial charge in [0.05, 0.1) is 12.6 Å². The monoisotopic (exact) mass is 565 g/mol. The normalized spacial score (nSPS) is 13.8. The van der Waals surface area contributed by atoms with Crippen LogP contribution in [0.4, 0.5) is 20.2 Å². The number of fused-ring (bicyclic) bond motifs is 1. The quantitative estimate of drug-likeness (QED) is 0.335. The number of hydrogen-bond acceptors (Lipinski definition) is 7. The summed E-state index contributed by atoms with van der Waals surface area (Å²) in [6.45, 7) is 5.96. The number of ether oxygens (including phenoxy) is 1. The standard InChI is InChI=1S/C28H25F2N5O4S/c1-3-27(36)35-12-10-34(11-13-35)25-8-9-31-23-6-4-18(14-21(23)25)19-15-24(28(39-2)32-17-19)33-40(37,38)26-7-5-20(29)16-22(26)30/h3-9,14-17,33H,1,10-13H2,2H3. The molecule has 1 N–H and O–H groups in total. The lowest BCUT2D eigenvalue weighted by atomic mass is 10.0. The first kappa shape index (κ1) is 27.0. The predicted molar refractivity (Wildman–Crippen MR) is 148 cm³/mol. The molecule has 2 aromatic heterocycles. The van der Waals surface area contributed by atoms with Crippen LogP contribution in [-0.2, 0) is 14.8 Å². The Labute approximate surface area is 229 Å². The molecule has 9 nitrogen and oxygen atoms in total. The van der Waals surface area contributed by atoms with Gasteiger partial charge in [0.25, 0.3) is 10.0 Å². The maximum absolute atomic E-state index is 14.3. The Morgan fingerprint density at radius 3 is 2.50 bits per heavy atom. The first-order valence-corrected chi connectivity index (χ1v) is 13.8. The van der Waals surface area contributed by atoms with Gasteiger partial charge in [0.1, 0.15) is 22.2 Å². The van der Waals surface area contributed by atoms with Crippen molar-refractivity contribution in [3.8, 4) is 17.0 Å². The maximum atomic E-state index is 14.3. The number of rotatable bonds is 7. The Morgan fingerprint density at radius 2 is 1.80 bits per heavy atom. The van der Waals surface area contributed by atoms with E-state index in [2.05, 4.69) is 26.2 Å². The minimum Gasteiger partial charge on any atom is -0.480 e. The summed E-state index contributed by atoms with van der Waals surface area (Å²) >= 11 is 0. The molecule has 5 rings (SSSR count). The largest absolute Gasteiger partial charge is 0.480 e. The third-order valence-corrected chi connectivity index (χ3v) is 8.03. The summed E-state index contributed by atoms with van der Waals surface area (Å²) in [5.41, 5.74) is 2.99. The SMILES string of the molecule is C=CC(=O)N1CCN(c2ccnc3ccc(-c4cnc(OC)c(NS(=O)(=O)c5ccc(F)cc5F)c4)cc23)CC1. The molecule has 2 aromatic carbocycles. The number of halogens is 2. The van der Waals surface area contributed by atoms with Crippen molar-refractivity contribution in [2.75, 3.05) is 42.9 Å². The number of benzene rings is 2. The van der Waals surface area contributed by atoms with Crippen LogP contribution in [0.25, 0.3) is 22.0 Å². The highest BCUT2D eigenvalue weighted by Crippen LogP contribution is 2.34. The lowest BCUT2D eigenvalue weighted by Gasteiger charge is -2.36. The Bertz CT molecular complexity index is 1720. The fourth-order valence-electron chi connectivity index (χ4n) is 4.62. The number of carbonyl (C=O) groups is 1. The van der Waals surface area contributed by atoms with Crippen LogP contribution >= 0.6 is 0 Å². The number of hydrogen-bond donors (Lipinski definition) is 1. The van der Waals surface area contributed by atoms with Gasteiger partial charge in [-0.25, -0.2) is 22.2 Å². The average Bonchev–Trinajstić information content (AvgIpc) is 2.95. The van der Waals surface area contributed by atoms with Crippen molar-refractivity contribution in [3.63, 3.8) is 0 Å². The number of nitrogens with zero attached hydrogens (tertiary/aromatic N) is 4. The van der Waals surface area contributed by atoms with Crippen molar-refractivity contribution in [2.24, 2.45) is 0 Å². The summed E-state index contributed by atoms with van der Waals surface area (Å²) in [5, 5.41) is 0.870. The molecule has 0 radical (unpaired) electrons. The van der Waals surface area contributed by atoms with E-state index >= 15 is 0 Å². The summed E-state index contributed by atoms with van der Waals surface area (Å²) in [7, 11) is -3.10. The van der Waals surface area contributed by atoms with Gasteiger partial charge in [-0.1, -0.05) is 12.6 Å². The summed E-state index contributed by atoms with van der Waals surface area (Å²) in [4.78, 5) is 23.9. The fraction of sp³-hybridized carbons (Fsp3) is 0.179. The van der Waals surface area contributed by atoms with Gasteiger partial charge >= 0.3 is 0 Å². The summed E-state index contributed by atoms with van der Waals surface area (Å²) in [5.74, 6) is -2.23. The van der Waals surface area contributed by atoms with Crippen LogP contribution in [0, 0.1) is 11.6 Å². The van der Waals surface area contributed by atoms with Crippen LogP contribution < -0.4 is 14.4 Å². The molecule has 1 amide bonds. The molecular weight excluding hydrogens is 540 g/mol. The van der Waals surface area contributed by atoms with Crippen molar-refractivity contribution < 1.29 is 26.7 Å². The van der Waals surface area contributed by atoms with Crippen molar-refractivity contribution in [2.45, 2.75) is 4.90 Å². The molecule has 0 saturated carbocycles. The molecule has 0 spiro atoms. The number of methoxy groups -OCH3 is 1. The van der Waals surface area contributed by atoms with E-state index in [0.29, 0.717) is 37.8 Å². The van der Waals surface area contributed by atoms with Crippen LogP contribution in [0.15, 0.2) is 78.5 Å². The molecule has 0 aliphatic carbocycles. The maximum Gasteiger partial charge on any atom is 0.264 e. The minimum absolute atomic E-state index is 0.0155. The first-order valence-electron chi connectivity index (χ1n) is 12.3. The second-order valence-corrected chi connectivity index (χ2v) is 10.7. The average molecular weight is 566 g/mol. The first-order chi connectivity index (χ1) is 19.2. The molecule has 12 heteroatoms. The molecular formula is C28H25F2N5O4S. The van der Waals surface area contributed by atoms with Gasteiger partial charge in [-0.3, -0.25) is 14.5 Å². The molecule has 0 unspecified atom stereocenters. The molecule has 4 aromatic rings. The lowest BCUT2D eigenvalue weighted by molar-refractivity contribution is -0.126. The van der Waals surface area contributed by atoms with Crippen molar-refractivity contribution >= 4 is 38.2 Å². The Kier molecular flexibility index (Phi) is 7.35. The van der Waals surface area contributed by atoms with Gasteiger partial charge in [-0.2, -0.15) is 0 Å². The van der Waals surface area contributed by atoms with Crippen LogP contribution in [-0.4, -0.2) is 62.5 Å². The third-order valence-electron chi connectivity index (χ3n) is 6.63. The number of aromatic nitrogens is 2. The van der Waals surface area contributed by atoms with Crippen LogP contribution in [0.1, 0.15) is 0 Å². The molecule has 0 bridgehead atoms. The zero-order valence-electron chi connectivity index (χ0n) is 21.5. The van der Waals surface area contributed by atoms with Gasteiger partial charge < -0.3 is 14.5 Å². The van der Waals surface area contributed by atoms with Crippen molar-refractivity contribution in [1.82, 2.24) is 14.9 Å². The molecule has 1 aliphatic heterocycles. The number of piperazine rings is 1. The fourth-order valence-corrected chi connectivity index (χ4v) is 5.73. The van der Waals surface area contributed by atoms with E-state index in [1.807, 2.05) is 24.3 Å². The number of anilines is 2. The predicted octanol–water partition coefficient (Wildman–Crippen LogP) is 4.22. The van der Waals surface area contributed by atoms with E-state index < -0.39 is 26.6 Å². The smallest absolute Gasteiger partial charge is 0.264 e. The van der Waals surface area contributed by atoms with E-state index in [0.717, 1.165) is 34.3 Å². The summed E-state index contributed by atoms with van der Waals surface area (Å²) in [6, 6.07) is 11.3. The minimum atomic E-state index is -4.42. The third kappa shape index (κ3) is 5.30. The molecule has 1 fully saturated rings. The molecule has 206 valence electrons. The molecule has 40 heavy (non-hydrogen) atoms. The number of carbonyl (C=O) groups excluding carboxylic acids is 1. The van der Waals surface area contributed by atoms with Crippen molar-refractivity contribution in [1.29, 1.82) is 0 Å². The van der Waals surface area contributed by atoms with Gasteiger partial charge in [0.15, 0.2) is 0 Å². The van der Waals surface area contributed by atoms with Gasteiger partial charge in [0, 0.05) is 61.3 Å². The van der Waals surface area contributed by atoms with Gasteiger partial charge in [0.2, 0.25) is 11.8 Å². The number of nitrogens with one attached hydrogen (secondary N) is 1. The van der Waals surface area contributed by atoms with Crippen molar-refractivity contribution in [3.05, 3.63) is 85.2 Å². The lowest BCUT2D eigenvalue weighted by Crippen LogP contribution is -2.48. The van der Waals surface area contributed by atoms with Crippen LogP contribution in [0.3, 0.4) is 0 Å². The molecule has 0 atom stereocenters. The van der Waals surface area contributed by atoms with E-state index in [-0.39, 0.29) is 17.5 Å². The van der Waals surface area contributed by atoms with E-state index in [9.17, 15) is 22.0 Å². The highest BCUT2D eigenvalue weighted by atomic mass is 32.2. The highest BCUT2D eigenvalue weighted by Gasteiger charge is 2.23. The van der Waals surface area contributed by atoms with Gasteiger partial charge in [-0.05, 0) is 48.0 Å².